The van der Waals surface area contributed by atoms with Crippen LogP contribution in [0.5, 0.6) is 0 Å². The van der Waals surface area contributed by atoms with E-state index < -0.39 is 17.7 Å². The molecule has 0 saturated carbocycles. The van der Waals surface area contributed by atoms with Gasteiger partial charge in [-0.05, 0) is 102 Å². The van der Waals surface area contributed by atoms with Gasteiger partial charge in [0.1, 0.15) is 5.82 Å². The Kier molecular flexibility index (Phi) is 9.59. The molecule has 1 N–H and O–H groups in total. The second kappa shape index (κ2) is 12.6. The molecule has 2 aromatic rings. The number of carboxylic acid groups (broad SMARTS) is 1. The average Bonchev–Trinajstić information content (AvgIpc) is 2.88. The van der Waals surface area contributed by atoms with Gasteiger partial charge in [-0.1, -0.05) is 32.1 Å². The molecule has 0 amide bonds. The smallest absolute Gasteiger partial charge is 0.337 e. The van der Waals surface area contributed by atoms with Gasteiger partial charge in [0.05, 0.1) is 11.3 Å². The van der Waals surface area contributed by atoms with Gasteiger partial charge in [0.25, 0.3) is 0 Å². The number of carbonyl (C=O) groups is 1. The van der Waals surface area contributed by atoms with E-state index in [2.05, 4.69) is 36.6 Å². The van der Waals surface area contributed by atoms with E-state index in [1.165, 1.54) is 17.7 Å². The van der Waals surface area contributed by atoms with E-state index in [1.807, 2.05) is 39.8 Å². The van der Waals surface area contributed by atoms with E-state index in [1.54, 1.807) is 0 Å². The van der Waals surface area contributed by atoms with Crippen LogP contribution in [0.2, 0.25) is 0 Å². The Balaban J connectivity index is 1.65. The van der Waals surface area contributed by atoms with Crippen LogP contribution in [0, 0.1) is 25.1 Å². The standard InChI is InChI=1S/C34H48FN3O3/c1-23-28(26-14-19-37(20-15-26)18-8-9-25-10-12-27(35)13-11-25)30(38-21-16-34(6,7)17-22-38)29(24(2)36-23)31(32(39)40)41-33(3,4)5/h10-14,31H,8-9,15-22H2,1-7H3,(H,39,40). The third kappa shape index (κ3) is 7.95. The largest absolute Gasteiger partial charge is 0.479 e. The minimum Gasteiger partial charge on any atom is -0.479 e. The van der Waals surface area contributed by atoms with Crippen molar-refractivity contribution >= 4 is 17.2 Å². The van der Waals surface area contributed by atoms with Crippen LogP contribution in [0.25, 0.3) is 5.57 Å². The molecule has 1 atom stereocenters. The Morgan fingerprint density at radius 2 is 1.76 bits per heavy atom. The second-order valence-electron chi connectivity index (χ2n) is 13.5. The monoisotopic (exact) mass is 565 g/mol. The lowest BCUT2D eigenvalue weighted by molar-refractivity contribution is -0.160. The topological polar surface area (TPSA) is 65.9 Å². The van der Waals surface area contributed by atoms with Gasteiger partial charge in [0.2, 0.25) is 0 Å². The number of rotatable bonds is 9. The SMILES string of the molecule is Cc1nc(C)c(C(OC(C)(C)C)C(=O)O)c(N2CCC(C)(C)CC2)c1C1=CCN(CCCc2ccc(F)cc2)CC1. The Morgan fingerprint density at radius 1 is 1.10 bits per heavy atom. The summed E-state index contributed by atoms with van der Waals surface area (Å²) in [5.74, 6) is -1.18. The first kappa shape index (κ1) is 31.2. The van der Waals surface area contributed by atoms with E-state index >= 15 is 0 Å². The van der Waals surface area contributed by atoms with Gasteiger partial charge in [-0.3, -0.25) is 9.88 Å². The summed E-state index contributed by atoms with van der Waals surface area (Å²) in [5.41, 5.74) is 6.48. The van der Waals surface area contributed by atoms with Crippen molar-refractivity contribution < 1.29 is 19.0 Å². The molecule has 1 aromatic carbocycles. The van der Waals surface area contributed by atoms with Crippen molar-refractivity contribution in [2.75, 3.05) is 37.6 Å². The van der Waals surface area contributed by atoms with Crippen LogP contribution in [0.4, 0.5) is 10.1 Å². The highest BCUT2D eigenvalue weighted by molar-refractivity contribution is 5.86. The van der Waals surface area contributed by atoms with Crippen molar-refractivity contribution in [2.24, 2.45) is 5.41 Å². The highest BCUT2D eigenvalue weighted by Crippen LogP contribution is 2.44. The maximum Gasteiger partial charge on any atom is 0.337 e. The van der Waals surface area contributed by atoms with E-state index in [-0.39, 0.29) is 11.2 Å². The molecule has 0 spiro atoms. The van der Waals surface area contributed by atoms with Crippen molar-refractivity contribution in [3.8, 4) is 0 Å². The molecule has 4 rings (SSSR count). The number of aryl methyl sites for hydroxylation is 3. The van der Waals surface area contributed by atoms with Crippen LogP contribution in [0.3, 0.4) is 0 Å². The molecular weight excluding hydrogens is 517 g/mol. The zero-order valence-electron chi connectivity index (χ0n) is 26.0. The van der Waals surface area contributed by atoms with E-state index in [4.69, 9.17) is 9.72 Å². The molecule has 1 fully saturated rings. The first-order valence-electron chi connectivity index (χ1n) is 15.1. The second-order valence-corrected chi connectivity index (χ2v) is 13.5. The molecule has 1 aromatic heterocycles. The summed E-state index contributed by atoms with van der Waals surface area (Å²) >= 11 is 0. The minimum absolute atomic E-state index is 0.196. The van der Waals surface area contributed by atoms with E-state index in [0.29, 0.717) is 5.56 Å². The number of hydrogen-bond donors (Lipinski definition) is 1. The summed E-state index contributed by atoms with van der Waals surface area (Å²) in [6, 6.07) is 6.79. The summed E-state index contributed by atoms with van der Waals surface area (Å²) in [4.78, 5) is 22.5. The molecular formula is C34H48FN3O3. The fourth-order valence-electron chi connectivity index (χ4n) is 6.09. The fraction of sp³-hybridized carbons (Fsp3) is 0.588. The van der Waals surface area contributed by atoms with Crippen molar-refractivity contribution in [1.29, 1.82) is 0 Å². The zero-order valence-corrected chi connectivity index (χ0v) is 26.0. The average molecular weight is 566 g/mol. The number of ether oxygens (including phenoxy) is 1. The highest BCUT2D eigenvalue weighted by Gasteiger charge is 2.37. The van der Waals surface area contributed by atoms with Gasteiger partial charge in [0.15, 0.2) is 6.10 Å². The number of piperidine rings is 1. The normalized spacial score (nSPS) is 18.7. The molecule has 0 radical (unpaired) electrons. The fourth-order valence-corrected chi connectivity index (χ4v) is 6.09. The van der Waals surface area contributed by atoms with Crippen LogP contribution in [-0.4, -0.2) is 59.3 Å². The zero-order chi connectivity index (χ0) is 29.9. The predicted octanol–water partition coefficient (Wildman–Crippen LogP) is 7.13. The molecule has 1 saturated heterocycles. The van der Waals surface area contributed by atoms with Crippen LogP contribution < -0.4 is 4.90 Å². The van der Waals surface area contributed by atoms with Crippen LogP contribution in [0.1, 0.15) is 94.5 Å². The van der Waals surface area contributed by atoms with Gasteiger partial charge in [0, 0.05) is 48.7 Å². The first-order chi connectivity index (χ1) is 19.2. The lowest BCUT2D eigenvalue weighted by atomic mass is 9.81. The first-order valence-corrected chi connectivity index (χ1v) is 15.1. The van der Waals surface area contributed by atoms with Gasteiger partial charge < -0.3 is 14.7 Å². The molecule has 2 aliphatic heterocycles. The lowest BCUT2D eigenvalue weighted by Crippen LogP contribution is -2.40. The van der Waals surface area contributed by atoms with Gasteiger partial charge >= 0.3 is 5.97 Å². The maximum atomic E-state index is 13.2. The van der Waals surface area contributed by atoms with Crippen molar-refractivity contribution in [3.05, 3.63) is 64.2 Å². The summed E-state index contributed by atoms with van der Waals surface area (Å²) < 4.78 is 19.4. The van der Waals surface area contributed by atoms with Crippen molar-refractivity contribution in [3.63, 3.8) is 0 Å². The summed E-state index contributed by atoms with van der Waals surface area (Å²) in [5, 5.41) is 10.4. The maximum absolute atomic E-state index is 13.2. The molecule has 3 heterocycles. The number of pyridine rings is 1. The van der Waals surface area contributed by atoms with Gasteiger partial charge in [-0.15, -0.1) is 0 Å². The molecule has 6 nitrogen and oxygen atoms in total. The summed E-state index contributed by atoms with van der Waals surface area (Å²) in [6.45, 7) is 18.8. The van der Waals surface area contributed by atoms with E-state index in [0.717, 1.165) is 93.0 Å². The predicted molar refractivity (Wildman–Crippen MR) is 164 cm³/mol. The Bertz CT molecular complexity index is 1250. The molecule has 1 unspecified atom stereocenters. The van der Waals surface area contributed by atoms with Crippen LogP contribution in [-0.2, 0) is 16.0 Å². The number of aliphatic carboxylic acids is 1. The summed E-state index contributed by atoms with van der Waals surface area (Å²) in [7, 11) is 0. The number of nitrogens with zero attached hydrogens (tertiary/aromatic N) is 3. The van der Waals surface area contributed by atoms with Crippen LogP contribution in [0.15, 0.2) is 30.3 Å². The number of benzene rings is 1. The number of aromatic nitrogens is 1. The van der Waals surface area contributed by atoms with Gasteiger partial charge in [-0.25, -0.2) is 9.18 Å². The van der Waals surface area contributed by atoms with Crippen LogP contribution >= 0.6 is 0 Å². The molecule has 41 heavy (non-hydrogen) atoms. The molecule has 2 aliphatic rings. The third-order valence-corrected chi connectivity index (χ3v) is 8.44. The Morgan fingerprint density at radius 3 is 2.32 bits per heavy atom. The quantitative estimate of drug-likeness (QED) is 0.349. The Hall–Kier alpha value is -2.77. The number of halogens is 1. The molecule has 0 aliphatic carbocycles. The number of carboxylic acids is 1. The molecule has 0 bridgehead atoms. The van der Waals surface area contributed by atoms with Gasteiger partial charge in [-0.2, -0.15) is 0 Å². The van der Waals surface area contributed by atoms with Crippen molar-refractivity contribution in [2.45, 2.75) is 92.3 Å². The van der Waals surface area contributed by atoms with Crippen molar-refractivity contribution in [1.82, 2.24) is 9.88 Å². The molecule has 7 heteroatoms. The Labute approximate surface area is 245 Å². The lowest BCUT2D eigenvalue weighted by Gasteiger charge is -2.41. The third-order valence-electron chi connectivity index (χ3n) is 8.44. The number of hydrogen-bond acceptors (Lipinski definition) is 5. The highest BCUT2D eigenvalue weighted by atomic mass is 19.1. The minimum atomic E-state index is -1.10. The number of anilines is 1. The summed E-state index contributed by atoms with van der Waals surface area (Å²) in [6.07, 6.45) is 6.13. The van der Waals surface area contributed by atoms with E-state index in [9.17, 15) is 14.3 Å². The molecule has 224 valence electrons.